The first-order chi connectivity index (χ1) is 8.13. The molecule has 1 aromatic rings. The lowest BCUT2D eigenvalue weighted by Gasteiger charge is -2.10. The summed E-state index contributed by atoms with van der Waals surface area (Å²) >= 11 is 0. The Morgan fingerprint density at radius 2 is 2.24 bits per heavy atom. The minimum Gasteiger partial charge on any atom is -0.496 e. The number of nitrogens with one attached hydrogen (secondary N) is 1. The number of hydrogen-bond acceptors (Lipinski definition) is 3. The van der Waals surface area contributed by atoms with Crippen molar-refractivity contribution >= 4 is 11.7 Å². The second kappa shape index (κ2) is 4.45. The van der Waals surface area contributed by atoms with Gasteiger partial charge in [0.05, 0.1) is 19.4 Å². The Labute approximate surface area is 100 Å². The van der Waals surface area contributed by atoms with Crippen LogP contribution in [0, 0.1) is 11.3 Å². The van der Waals surface area contributed by atoms with Crippen LogP contribution in [0.3, 0.4) is 0 Å². The van der Waals surface area contributed by atoms with Gasteiger partial charge in [-0.3, -0.25) is 5.41 Å². The zero-order valence-electron chi connectivity index (χ0n) is 9.97. The van der Waals surface area contributed by atoms with Crippen molar-refractivity contribution in [3.63, 3.8) is 0 Å². The standard InChI is InChI=1S/C12H16N4O/c1-8-7-16(12(13)14)15-11(8)9-5-3-4-6-10(9)17-2/h3-6,8H,7H2,1-2H3,(H3,13,14). The molecule has 90 valence electrons. The minimum absolute atomic E-state index is 0.0262. The third-order valence-corrected chi connectivity index (χ3v) is 2.80. The molecule has 0 spiro atoms. The molecule has 0 saturated carbocycles. The maximum absolute atomic E-state index is 7.40. The molecule has 17 heavy (non-hydrogen) atoms. The maximum atomic E-state index is 7.40. The highest BCUT2D eigenvalue weighted by Gasteiger charge is 2.27. The molecule has 1 atom stereocenters. The van der Waals surface area contributed by atoms with Crippen LogP contribution >= 0.6 is 0 Å². The third-order valence-electron chi connectivity index (χ3n) is 2.80. The SMILES string of the molecule is COc1ccccc1C1=NN(C(=N)N)CC1C. The smallest absolute Gasteiger partial charge is 0.209 e. The van der Waals surface area contributed by atoms with E-state index in [0.717, 1.165) is 17.0 Å². The van der Waals surface area contributed by atoms with E-state index in [2.05, 4.69) is 12.0 Å². The number of para-hydroxylation sites is 1. The largest absolute Gasteiger partial charge is 0.496 e. The number of methoxy groups -OCH3 is 1. The molecule has 1 unspecified atom stereocenters. The second-order valence-electron chi connectivity index (χ2n) is 4.05. The first-order valence-corrected chi connectivity index (χ1v) is 5.47. The Kier molecular flexibility index (Phi) is 2.99. The Balaban J connectivity index is 2.39. The van der Waals surface area contributed by atoms with E-state index < -0.39 is 0 Å². The van der Waals surface area contributed by atoms with Gasteiger partial charge in [0.15, 0.2) is 0 Å². The number of nitrogens with zero attached hydrogens (tertiary/aromatic N) is 2. The van der Waals surface area contributed by atoms with Crippen LogP contribution < -0.4 is 10.5 Å². The Morgan fingerprint density at radius 1 is 1.53 bits per heavy atom. The van der Waals surface area contributed by atoms with Crippen LogP contribution in [0.5, 0.6) is 5.75 Å². The molecule has 1 aliphatic heterocycles. The number of guanidine groups is 1. The Hall–Kier alpha value is -2.04. The predicted octanol–water partition coefficient (Wildman–Crippen LogP) is 1.24. The fourth-order valence-electron chi connectivity index (χ4n) is 1.94. The molecule has 5 heteroatoms. The van der Waals surface area contributed by atoms with Crippen molar-refractivity contribution in [2.75, 3.05) is 13.7 Å². The van der Waals surface area contributed by atoms with E-state index in [4.69, 9.17) is 15.9 Å². The first-order valence-electron chi connectivity index (χ1n) is 5.47. The molecule has 1 aliphatic rings. The fraction of sp³-hybridized carbons (Fsp3) is 0.333. The van der Waals surface area contributed by atoms with Crippen molar-refractivity contribution in [1.29, 1.82) is 5.41 Å². The zero-order chi connectivity index (χ0) is 12.4. The quantitative estimate of drug-likeness (QED) is 0.595. The van der Waals surface area contributed by atoms with Gasteiger partial charge in [-0.25, -0.2) is 5.01 Å². The van der Waals surface area contributed by atoms with Gasteiger partial charge in [0.1, 0.15) is 5.75 Å². The minimum atomic E-state index is -0.0262. The van der Waals surface area contributed by atoms with E-state index in [1.54, 1.807) is 7.11 Å². The summed E-state index contributed by atoms with van der Waals surface area (Å²) in [6.07, 6.45) is 0. The summed E-state index contributed by atoms with van der Waals surface area (Å²) < 4.78 is 5.32. The van der Waals surface area contributed by atoms with Crippen molar-refractivity contribution < 1.29 is 4.74 Å². The molecule has 0 fully saturated rings. The van der Waals surface area contributed by atoms with Crippen molar-refractivity contribution in [2.24, 2.45) is 16.8 Å². The average molecular weight is 232 g/mol. The third kappa shape index (κ3) is 2.08. The van der Waals surface area contributed by atoms with Crippen LogP contribution in [0.2, 0.25) is 0 Å². The highest BCUT2D eigenvalue weighted by molar-refractivity contribution is 6.06. The average Bonchev–Trinajstić information content (AvgIpc) is 2.71. The van der Waals surface area contributed by atoms with Gasteiger partial charge in [-0.05, 0) is 12.1 Å². The van der Waals surface area contributed by atoms with Gasteiger partial charge in [-0.15, -0.1) is 0 Å². The molecular formula is C12H16N4O. The zero-order valence-corrected chi connectivity index (χ0v) is 9.97. The lowest BCUT2D eigenvalue weighted by Crippen LogP contribution is -2.31. The van der Waals surface area contributed by atoms with Crippen LogP contribution in [0.15, 0.2) is 29.4 Å². The molecule has 0 amide bonds. The van der Waals surface area contributed by atoms with Crippen LogP contribution in [0.1, 0.15) is 12.5 Å². The molecular weight excluding hydrogens is 216 g/mol. The molecule has 0 bridgehead atoms. The lowest BCUT2D eigenvalue weighted by atomic mass is 9.99. The van der Waals surface area contributed by atoms with E-state index >= 15 is 0 Å². The number of hydrogen-bond donors (Lipinski definition) is 2. The normalized spacial score (nSPS) is 19.1. The van der Waals surface area contributed by atoms with E-state index in [1.807, 2.05) is 24.3 Å². The van der Waals surface area contributed by atoms with E-state index in [-0.39, 0.29) is 11.9 Å². The summed E-state index contributed by atoms with van der Waals surface area (Å²) in [6, 6.07) is 7.74. The molecule has 1 heterocycles. The van der Waals surface area contributed by atoms with Crippen LogP contribution in [0.25, 0.3) is 0 Å². The predicted molar refractivity (Wildman–Crippen MR) is 67.3 cm³/mol. The molecule has 0 aromatic heterocycles. The Morgan fingerprint density at radius 3 is 2.82 bits per heavy atom. The number of hydrazone groups is 1. The topological polar surface area (TPSA) is 74.7 Å². The maximum Gasteiger partial charge on any atom is 0.209 e. The summed E-state index contributed by atoms with van der Waals surface area (Å²) in [5, 5.41) is 13.3. The van der Waals surface area contributed by atoms with Crippen molar-refractivity contribution in [1.82, 2.24) is 5.01 Å². The molecule has 2 rings (SSSR count). The fourth-order valence-corrected chi connectivity index (χ4v) is 1.94. The summed E-state index contributed by atoms with van der Waals surface area (Å²) in [7, 11) is 1.64. The monoisotopic (exact) mass is 232 g/mol. The molecule has 0 aliphatic carbocycles. The van der Waals surface area contributed by atoms with Gasteiger partial charge in [-0.2, -0.15) is 5.10 Å². The number of rotatable bonds is 2. The lowest BCUT2D eigenvalue weighted by molar-refractivity contribution is 0.413. The summed E-state index contributed by atoms with van der Waals surface area (Å²) in [5.74, 6) is 1.00. The van der Waals surface area contributed by atoms with E-state index in [0.29, 0.717) is 6.54 Å². The van der Waals surface area contributed by atoms with Gasteiger partial charge in [-0.1, -0.05) is 19.1 Å². The van der Waals surface area contributed by atoms with Gasteiger partial charge >= 0.3 is 0 Å². The van der Waals surface area contributed by atoms with Crippen LogP contribution in [-0.4, -0.2) is 30.3 Å². The summed E-state index contributed by atoms with van der Waals surface area (Å²) in [5.41, 5.74) is 7.32. The molecule has 0 radical (unpaired) electrons. The number of ether oxygens (including phenoxy) is 1. The summed E-state index contributed by atoms with van der Waals surface area (Å²) in [6.45, 7) is 2.71. The molecule has 0 saturated heterocycles. The highest BCUT2D eigenvalue weighted by atomic mass is 16.5. The van der Waals surface area contributed by atoms with Crippen molar-refractivity contribution in [2.45, 2.75) is 6.92 Å². The van der Waals surface area contributed by atoms with E-state index in [1.165, 1.54) is 5.01 Å². The number of nitrogens with two attached hydrogens (primary N) is 1. The first kappa shape index (κ1) is 11.4. The highest BCUT2D eigenvalue weighted by Crippen LogP contribution is 2.25. The van der Waals surface area contributed by atoms with Gasteiger partial charge in [0.2, 0.25) is 5.96 Å². The van der Waals surface area contributed by atoms with Gasteiger partial charge in [0, 0.05) is 11.5 Å². The number of benzene rings is 1. The molecule has 5 nitrogen and oxygen atoms in total. The molecule has 3 N–H and O–H groups in total. The van der Waals surface area contributed by atoms with Gasteiger partial charge < -0.3 is 10.5 Å². The van der Waals surface area contributed by atoms with Crippen LogP contribution in [0.4, 0.5) is 0 Å². The summed E-state index contributed by atoms with van der Waals surface area (Å²) in [4.78, 5) is 0. The van der Waals surface area contributed by atoms with Crippen molar-refractivity contribution in [3.05, 3.63) is 29.8 Å². The second-order valence-corrected chi connectivity index (χ2v) is 4.05. The van der Waals surface area contributed by atoms with E-state index in [9.17, 15) is 0 Å². The van der Waals surface area contributed by atoms with Gasteiger partial charge in [0.25, 0.3) is 0 Å². The Bertz CT molecular complexity index is 469. The molecule has 1 aromatic carbocycles. The van der Waals surface area contributed by atoms with Crippen LogP contribution in [-0.2, 0) is 0 Å². The van der Waals surface area contributed by atoms with Crippen molar-refractivity contribution in [3.8, 4) is 5.75 Å².